The van der Waals surface area contributed by atoms with Gasteiger partial charge in [-0.05, 0) is 43.3 Å². The van der Waals surface area contributed by atoms with Gasteiger partial charge in [0.05, 0.1) is 4.90 Å². The zero-order valence-electron chi connectivity index (χ0n) is 15.5. The van der Waals surface area contributed by atoms with Crippen LogP contribution in [-0.2, 0) is 14.8 Å². The monoisotopic (exact) mass is 403 g/mol. The highest BCUT2D eigenvalue weighted by atomic mass is 32.2. The van der Waals surface area contributed by atoms with E-state index in [1.54, 1.807) is 19.1 Å². The summed E-state index contributed by atoms with van der Waals surface area (Å²) in [6.45, 7) is 3.66. The standard InChI is InChI=1S/C19H21N3O5S/c1-3-22(12-17-18(23)21-19(24)20-17)28(25,26)16-10-8-15(9-11-16)27-14-6-4-13(2)5-7-14/h4-11,17H,3,12H2,1-2H3,(H2,20,21,23,24). The summed E-state index contributed by atoms with van der Waals surface area (Å²) in [5.74, 6) is 0.619. The smallest absolute Gasteiger partial charge is 0.322 e. The fourth-order valence-electron chi connectivity index (χ4n) is 2.76. The molecule has 1 atom stereocenters. The van der Waals surface area contributed by atoms with Crippen LogP contribution in [0.25, 0.3) is 0 Å². The van der Waals surface area contributed by atoms with E-state index in [1.165, 1.54) is 12.1 Å². The Morgan fingerprint density at radius 2 is 1.57 bits per heavy atom. The number of ether oxygens (including phenoxy) is 1. The van der Waals surface area contributed by atoms with Gasteiger partial charge in [-0.25, -0.2) is 13.2 Å². The van der Waals surface area contributed by atoms with E-state index in [4.69, 9.17) is 4.74 Å². The molecule has 3 rings (SSSR count). The summed E-state index contributed by atoms with van der Waals surface area (Å²) in [5.41, 5.74) is 1.11. The van der Waals surface area contributed by atoms with Crippen LogP contribution in [0.1, 0.15) is 12.5 Å². The van der Waals surface area contributed by atoms with Gasteiger partial charge in [0.25, 0.3) is 5.91 Å². The molecule has 2 N–H and O–H groups in total. The van der Waals surface area contributed by atoms with Gasteiger partial charge in [-0.2, -0.15) is 4.31 Å². The maximum atomic E-state index is 12.9. The molecular formula is C19H21N3O5S. The molecule has 1 unspecified atom stereocenters. The second kappa shape index (κ2) is 7.99. The number of benzene rings is 2. The van der Waals surface area contributed by atoms with E-state index in [1.807, 2.05) is 31.2 Å². The Morgan fingerprint density at radius 3 is 2.07 bits per heavy atom. The van der Waals surface area contributed by atoms with Crippen molar-refractivity contribution in [2.24, 2.45) is 0 Å². The lowest BCUT2D eigenvalue weighted by Gasteiger charge is -2.22. The van der Waals surface area contributed by atoms with Crippen LogP contribution < -0.4 is 15.4 Å². The third-order valence-electron chi connectivity index (χ3n) is 4.32. The van der Waals surface area contributed by atoms with Crippen LogP contribution in [0.2, 0.25) is 0 Å². The minimum atomic E-state index is -3.83. The number of carbonyl (C=O) groups is 2. The maximum absolute atomic E-state index is 12.9. The Hall–Kier alpha value is -2.91. The maximum Gasteiger partial charge on any atom is 0.322 e. The van der Waals surface area contributed by atoms with Crippen molar-refractivity contribution >= 4 is 22.0 Å². The quantitative estimate of drug-likeness (QED) is 0.688. The number of urea groups is 1. The summed E-state index contributed by atoms with van der Waals surface area (Å²) in [4.78, 5) is 23.0. The molecular weight excluding hydrogens is 382 g/mol. The predicted octanol–water partition coefficient (Wildman–Crippen LogP) is 2.01. The van der Waals surface area contributed by atoms with Gasteiger partial charge in [0.15, 0.2) is 0 Å². The molecule has 1 heterocycles. The normalized spacial score (nSPS) is 16.8. The van der Waals surface area contributed by atoms with Crippen LogP contribution in [-0.4, -0.2) is 43.8 Å². The molecule has 0 spiro atoms. The molecule has 0 aromatic heterocycles. The third-order valence-corrected chi connectivity index (χ3v) is 6.27. The van der Waals surface area contributed by atoms with Gasteiger partial charge in [-0.1, -0.05) is 24.6 Å². The summed E-state index contributed by atoms with van der Waals surface area (Å²) in [7, 11) is -3.83. The summed E-state index contributed by atoms with van der Waals surface area (Å²) >= 11 is 0. The number of rotatable bonds is 7. The fraction of sp³-hybridized carbons (Fsp3) is 0.263. The summed E-state index contributed by atoms with van der Waals surface area (Å²) in [6, 6.07) is 12.0. The number of hydrogen-bond acceptors (Lipinski definition) is 5. The topological polar surface area (TPSA) is 105 Å². The molecule has 8 nitrogen and oxygen atoms in total. The van der Waals surface area contributed by atoms with Gasteiger partial charge < -0.3 is 10.1 Å². The van der Waals surface area contributed by atoms with Crippen molar-refractivity contribution in [2.75, 3.05) is 13.1 Å². The number of nitrogens with zero attached hydrogens (tertiary/aromatic N) is 1. The van der Waals surface area contributed by atoms with Crippen molar-refractivity contribution in [1.29, 1.82) is 0 Å². The van der Waals surface area contributed by atoms with E-state index in [0.29, 0.717) is 11.5 Å². The van der Waals surface area contributed by atoms with Crippen LogP contribution in [0.3, 0.4) is 0 Å². The number of sulfonamides is 1. The van der Waals surface area contributed by atoms with Crippen LogP contribution in [0.15, 0.2) is 53.4 Å². The zero-order chi connectivity index (χ0) is 20.3. The van der Waals surface area contributed by atoms with Gasteiger partial charge in [0, 0.05) is 13.1 Å². The van der Waals surface area contributed by atoms with Gasteiger partial charge in [0.1, 0.15) is 17.5 Å². The van der Waals surface area contributed by atoms with Crippen LogP contribution in [0.5, 0.6) is 11.5 Å². The predicted molar refractivity (Wildman–Crippen MR) is 103 cm³/mol. The lowest BCUT2D eigenvalue weighted by Crippen LogP contribution is -2.44. The first-order valence-electron chi connectivity index (χ1n) is 8.75. The fourth-order valence-corrected chi connectivity index (χ4v) is 4.22. The SMILES string of the molecule is CCN(CC1NC(=O)NC1=O)S(=O)(=O)c1ccc(Oc2ccc(C)cc2)cc1. The minimum absolute atomic E-state index is 0.0790. The van der Waals surface area contributed by atoms with Crippen LogP contribution in [0.4, 0.5) is 4.79 Å². The molecule has 148 valence electrons. The Morgan fingerprint density at radius 1 is 1.00 bits per heavy atom. The van der Waals surface area contributed by atoms with E-state index in [-0.39, 0.29) is 18.0 Å². The first-order valence-corrected chi connectivity index (χ1v) is 10.2. The van der Waals surface area contributed by atoms with Crippen LogP contribution >= 0.6 is 0 Å². The molecule has 1 aliphatic heterocycles. The highest BCUT2D eigenvalue weighted by molar-refractivity contribution is 7.89. The second-order valence-electron chi connectivity index (χ2n) is 6.36. The molecule has 0 saturated carbocycles. The average Bonchev–Trinajstić information content (AvgIpc) is 2.99. The van der Waals surface area contributed by atoms with Gasteiger partial charge >= 0.3 is 6.03 Å². The number of nitrogens with one attached hydrogen (secondary N) is 2. The van der Waals surface area contributed by atoms with Crippen molar-refractivity contribution in [3.05, 3.63) is 54.1 Å². The van der Waals surface area contributed by atoms with Gasteiger partial charge in [-0.15, -0.1) is 0 Å². The first-order chi connectivity index (χ1) is 13.3. The van der Waals surface area contributed by atoms with E-state index in [2.05, 4.69) is 10.6 Å². The van der Waals surface area contributed by atoms with Crippen molar-refractivity contribution in [1.82, 2.24) is 14.9 Å². The van der Waals surface area contributed by atoms with Gasteiger partial charge in [-0.3, -0.25) is 10.1 Å². The third kappa shape index (κ3) is 4.32. The lowest BCUT2D eigenvalue weighted by molar-refractivity contribution is -0.120. The largest absolute Gasteiger partial charge is 0.457 e. The molecule has 1 aliphatic rings. The highest BCUT2D eigenvalue weighted by Crippen LogP contribution is 2.24. The van der Waals surface area contributed by atoms with Crippen molar-refractivity contribution in [2.45, 2.75) is 24.8 Å². The molecule has 0 radical (unpaired) electrons. The summed E-state index contributed by atoms with van der Waals surface area (Å²) in [5, 5.41) is 4.50. The Labute approximate surface area is 163 Å². The van der Waals surface area contributed by atoms with E-state index in [0.717, 1.165) is 9.87 Å². The second-order valence-corrected chi connectivity index (χ2v) is 8.30. The number of imide groups is 1. The highest BCUT2D eigenvalue weighted by Gasteiger charge is 2.34. The number of carbonyl (C=O) groups excluding carboxylic acids is 2. The molecule has 0 aliphatic carbocycles. The van der Waals surface area contributed by atoms with E-state index in [9.17, 15) is 18.0 Å². The summed E-state index contributed by atoms with van der Waals surface area (Å²) < 4.78 is 32.6. The molecule has 1 fully saturated rings. The molecule has 9 heteroatoms. The molecule has 0 bridgehead atoms. The lowest BCUT2D eigenvalue weighted by atomic mass is 10.2. The molecule has 2 aromatic carbocycles. The number of hydrogen-bond donors (Lipinski definition) is 2. The molecule has 1 saturated heterocycles. The number of likely N-dealkylation sites (N-methyl/N-ethyl adjacent to an activating group) is 1. The van der Waals surface area contributed by atoms with E-state index >= 15 is 0 Å². The Balaban J connectivity index is 1.74. The average molecular weight is 403 g/mol. The Bertz CT molecular complexity index is 972. The number of aryl methyl sites for hydroxylation is 1. The number of amides is 3. The van der Waals surface area contributed by atoms with Gasteiger partial charge in [0.2, 0.25) is 10.0 Å². The first kappa shape index (κ1) is 19.8. The van der Waals surface area contributed by atoms with Crippen molar-refractivity contribution < 1.29 is 22.7 Å². The summed E-state index contributed by atoms with van der Waals surface area (Å²) in [6.07, 6.45) is 0. The molecule has 3 amide bonds. The molecule has 28 heavy (non-hydrogen) atoms. The van der Waals surface area contributed by atoms with Crippen LogP contribution in [0, 0.1) is 6.92 Å². The van der Waals surface area contributed by atoms with E-state index < -0.39 is 28.0 Å². The molecule has 2 aromatic rings. The van der Waals surface area contributed by atoms with Crippen molar-refractivity contribution in [3.63, 3.8) is 0 Å². The zero-order valence-corrected chi connectivity index (χ0v) is 16.3. The Kier molecular flexibility index (Phi) is 5.66. The van der Waals surface area contributed by atoms with Crippen molar-refractivity contribution in [3.8, 4) is 11.5 Å². The minimum Gasteiger partial charge on any atom is -0.457 e.